The average Bonchev–Trinajstić information content (AvgIpc) is 2.75. The van der Waals surface area contributed by atoms with Crippen molar-refractivity contribution >= 4 is 40.2 Å². The first-order valence-corrected chi connectivity index (χ1v) is 11.6. The Morgan fingerprint density at radius 2 is 2.13 bits per heavy atom. The number of ether oxygens (including phenoxy) is 1. The summed E-state index contributed by atoms with van der Waals surface area (Å²) in [5, 5.41) is 4.62. The van der Waals surface area contributed by atoms with E-state index in [1.165, 1.54) is 11.8 Å². The number of benzene rings is 2. The van der Waals surface area contributed by atoms with Gasteiger partial charge in [0.05, 0.1) is 29.3 Å². The Morgan fingerprint density at radius 1 is 1.32 bits per heavy atom. The van der Waals surface area contributed by atoms with Gasteiger partial charge < -0.3 is 10.1 Å². The minimum absolute atomic E-state index is 0.0809. The summed E-state index contributed by atoms with van der Waals surface area (Å²) in [6, 6.07) is 12.8. The molecule has 2 aromatic carbocycles. The van der Waals surface area contributed by atoms with Crippen LogP contribution in [0.3, 0.4) is 0 Å². The Balaban J connectivity index is 1.54. The van der Waals surface area contributed by atoms with Crippen molar-refractivity contribution in [2.24, 2.45) is 5.92 Å². The van der Waals surface area contributed by atoms with Crippen molar-refractivity contribution < 1.29 is 9.53 Å². The van der Waals surface area contributed by atoms with E-state index >= 15 is 0 Å². The van der Waals surface area contributed by atoms with E-state index < -0.39 is 0 Å². The second-order valence-electron chi connectivity index (χ2n) is 7.95. The lowest BCUT2D eigenvalue weighted by molar-refractivity contribution is -0.119. The van der Waals surface area contributed by atoms with Crippen LogP contribution in [-0.4, -0.2) is 27.8 Å². The van der Waals surface area contributed by atoms with E-state index in [0.717, 1.165) is 17.7 Å². The molecular weight excluding hydrogens is 434 g/mol. The van der Waals surface area contributed by atoms with Crippen molar-refractivity contribution in [2.75, 3.05) is 12.4 Å². The highest BCUT2D eigenvalue weighted by atomic mass is 35.5. The molecule has 0 spiro atoms. The third kappa shape index (κ3) is 4.88. The third-order valence-corrected chi connectivity index (χ3v) is 6.27. The van der Waals surface area contributed by atoms with Crippen LogP contribution in [0.2, 0.25) is 5.02 Å². The van der Waals surface area contributed by atoms with E-state index in [-0.39, 0.29) is 29.2 Å². The lowest BCUT2D eigenvalue weighted by atomic mass is 10.0. The minimum atomic E-state index is -0.137. The van der Waals surface area contributed by atoms with E-state index in [4.69, 9.17) is 16.3 Å². The summed E-state index contributed by atoms with van der Waals surface area (Å²) in [5.74, 6) is 1.13. The maximum atomic E-state index is 13.1. The van der Waals surface area contributed by atoms with Gasteiger partial charge in [-0.3, -0.25) is 14.2 Å². The summed E-state index contributed by atoms with van der Waals surface area (Å²) in [5.41, 5.74) is 1.43. The Bertz CT molecular complexity index is 1180. The molecule has 0 aliphatic carbocycles. The number of nitrogens with zero attached hydrogens (tertiary/aromatic N) is 2. The van der Waals surface area contributed by atoms with Crippen LogP contribution >= 0.6 is 23.4 Å². The van der Waals surface area contributed by atoms with Crippen LogP contribution in [0.5, 0.6) is 5.75 Å². The van der Waals surface area contributed by atoms with Crippen molar-refractivity contribution in [1.29, 1.82) is 0 Å². The zero-order chi connectivity index (χ0) is 22.0. The van der Waals surface area contributed by atoms with Gasteiger partial charge in [0.15, 0.2) is 5.16 Å². The predicted molar refractivity (Wildman–Crippen MR) is 124 cm³/mol. The highest BCUT2D eigenvalue weighted by Gasteiger charge is 2.23. The fourth-order valence-electron chi connectivity index (χ4n) is 3.67. The molecule has 0 fully saturated rings. The smallest absolute Gasteiger partial charge is 0.262 e. The van der Waals surface area contributed by atoms with Crippen molar-refractivity contribution in [3.8, 4) is 5.75 Å². The monoisotopic (exact) mass is 457 g/mol. The van der Waals surface area contributed by atoms with Crippen molar-refractivity contribution in [1.82, 2.24) is 14.9 Å². The van der Waals surface area contributed by atoms with Gasteiger partial charge in [0.25, 0.3) is 5.56 Å². The molecular formula is C23H24ClN3O3S. The molecule has 0 radical (unpaired) electrons. The maximum Gasteiger partial charge on any atom is 0.262 e. The van der Waals surface area contributed by atoms with E-state index in [1.807, 2.05) is 38.1 Å². The number of nitrogens with one attached hydrogen (secondary N) is 1. The SMILES string of the molecule is CC(C)Cn1c(SCC(=O)N[C@@H]2CCOc3ccccc32)nc2ccc(Cl)cc2c1=O. The van der Waals surface area contributed by atoms with E-state index in [9.17, 15) is 9.59 Å². The highest BCUT2D eigenvalue weighted by molar-refractivity contribution is 7.99. The van der Waals surface area contributed by atoms with Gasteiger partial charge >= 0.3 is 0 Å². The molecule has 0 bridgehead atoms. The first-order valence-electron chi connectivity index (χ1n) is 10.3. The van der Waals surface area contributed by atoms with Crippen LogP contribution < -0.4 is 15.6 Å². The van der Waals surface area contributed by atoms with Crippen molar-refractivity contribution in [3.63, 3.8) is 0 Å². The number of aromatic nitrogens is 2. The summed E-state index contributed by atoms with van der Waals surface area (Å²) in [7, 11) is 0. The quantitative estimate of drug-likeness (QED) is 0.437. The molecule has 6 nitrogen and oxygen atoms in total. The number of para-hydroxylation sites is 1. The van der Waals surface area contributed by atoms with Crippen molar-refractivity contribution in [2.45, 2.75) is 38.0 Å². The zero-order valence-corrected chi connectivity index (χ0v) is 19.0. The number of thioether (sulfide) groups is 1. The van der Waals surface area contributed by atoms with Gasteiger partial charge in [-0.1, -0.05) is 55.4 Å². The molecule has 1 aliphatic rings. The molecule has 1 aromatic heterocycles. The van der Waals surface area contributed by atoms with Crippen LogP contribution in [0.15, 0.2) is 52.4 Å². The summed E-state index contributed by atoms with van der Waals surface area (Å²) < 4.78 is 7.31. The van der Waals surface area contributed by atoms with Crippen LogP contribution in [-0.2, 0) is 11.3 Å². The number of rotatable bonds is 6. The van der Waals surface area contributed by atoms with E-state index in [0.29, 0.717) is 34.2 Å². The molecule has 0 saturated heterocycles. The molecule has 162 valence electrons. The number of hydrogen-bond donors (Lipinski definition) is 1. The van der Waals surface area contributed by atoms with Gasteiger partial charge in [-0.2, -0.15) is 0 Å². The molecule has 1 atom stereocenters. The molecule has 0 unspecified atom stereocenters. The summed E-state index contributed by atoms with van der Waals surface area (Å²) in [4.78, 5) is 30.4. The fraction of sp³-hybridized carbons (Fsp3) is 0.348. The van der Waals surface area contributed by atoms with Gasteiger partial charge in [-0.15, -0.1) is 0 Å². The van der Waals surface area contributed by atoms with Crippen LogP contribution in [0, 0.1) is 5.92 Å². The molecule has 1 amide bonds. The number of carbonyl (C=O) groups excluding carboxylic acids is 1. The average molecular weight is 458 g/mol. The Kier molecular flexibility index (Phi) is 6.53. The Labute approximate surface area is 190 Å². The summed E-state index contributed by atoms with van der Waals surface area (Å²) in [6.45, 7) is 5.17. The highest BCUT2D eigenvalue weighted by Crippen LogP contribution is 2.31. The topological polar surface area (TPSA) is 73.2 Å². The van der Waals surface area contributed by atoms with Gasteiger partial charge in [-0.25, -0.2) is 4.98 Å². The molecule has 31 heavy (non-hydrogen) atoms. The molecule has 1 N–H and O–H groups in total. The number of fused-ring (bicyclic) bond motifs is 2. The molecule has 0 saturated carbocycles. The Hall–Kier alpha value is -2.51. The van der Waals surface area contributed by atoms with Crippen molar-refractivity contribution in [3.05, 3.63) is 63.4 Å². The maximum absolute atomic E-state index is 13.1. The first-order chi connectivity index (χ1) is 14.9. The standard InChI is InChI=1S/C23H24ClN3O3S/c1-14(2)12-27-22(29)17-11-15(24)7-8-18(17)26-23(27)31-13-21(28)25-19-9-10-30-20-6-4-3-5-16(19)20/h3-8,11,14,19H,9-10,12-13H2,1-2H3,(H,25,28)/t19-/m1/s1. The van der Waals surface area contributed by atoms with Crippen LogP contribution in [0.1, 0.15) is 31.9 Å². The molecule has 4 rings (SSSR count). The largest absolute Gasteiger partial charge is 0.493 e. The summed E-state index contributed by atoms with van der Waals surface area (Å²) in [6.07, 6.45) is 0.723. The second-order valence-corrected chi connectivity index (χ2v) is 9.33. The number of hydrogen-bond acceptors (Lipinski definition) is 5. The Morgan fingerprint density at radius 3 is 2.94 bits per heavy atom. The minimum Gasteiger partial charge on any atom is -0.493 e. The lowest BCUT2D eigenvalue weighted by Gasteiger charge is -2.26. The van der Waals surface area contributed by atoms with Gasteiger partial charge in [0.2, 0.25) is 5.91 Å². The van der Waals surface area contributed by atoms with E-state index in [1.54, 1.807) is 22.8 Å². The molecule has 1 aliphatic heterocycles. The molecule has 3 aromatic rings. The fourth-order valence-corrected chi connectivity index (χ4v) is 4.66. The van der Waals surface area contributed by atoms with Crippen LogP contribution in [0.25, 0.3) is 10.9 Å². The molecule has 8 heteroatoms. The number of amides is 1. The normalized spacial score (nSPS) is 15.5. The third-order valence-electron chi connectivity index (χ3n) is 5.05. The number of halogens is 1. The van der Waals surface area contributed by atoms with Gasteiger partial charge in [0.1, 0.15) is 5.75 Å². The second kappa shape index (κ2) is 9.32. The first kappa shape index (κ1) is 21.7. The predicted octanol–water partition coefficient (Wildman–Crippen LogP) is 4.44. The van der Waals surface area contributed by atoms with E-state index in [2.05, 4.69) is 10.3 Å². The lowest BCUT2D eigenvalue weighted by Crippen LogP contribution is -2.33. The summed E-state index contributed by atoms with van der Waals surface area (Å²) >= 11 is 7.35. The van der Waals surface area contributed by atoms with Gasteiger partial charge in [-0.05, 0) is 30.2 Å². The zero-order valence-electron chi connectivity index (χ0n) is 17.4. The number of carbonyl (C=O) groups is 1. The molecule has 2 heterocycles. The van der Waals surface area contributed by atoms with Crippen LogP contribution in [0.4, 0.5) is 0 Å². The van der Waals surface area contributed by atoms with Gasteiger partial charge in [0, 0.05) is 23.6 Å².